The van der Waals surface area contributed by atoms with Gasteiger partial charge < -0.3 is 15.0 Å². The molecule has 0 spiro atoms. The van der Waals surface area contributed by atoms with E-state index in [0.717, 1.165) is 29.6 Å². The lowest BCUT2D eigenvalue weighted by atomic mass is 9.86. The molecular formula is C23H26Cl2F3N3O3. The highest BCUT2D eigenvalue weighted by atomic mass is 35.5. The SMILES string of the molecule is CNC(=O)C(OC(=O)N1CCN(C(C2=CC=C(Cl)C(C)C2)c2ccc(Cl)cc2)CC1)C(F)(F)F. The number of halogens is 5. The molecule has 1 fully saturated rings. The van der Waals surface area contributed by atoms with Crippen molar-refractivity contribution in [2.24, 2.45) is 5.92 Å². The first-order chi connectivity index (χ1) is 16.0. The first kappa shape index (κ1) is 26.4. The van der Waals surface area contributed by atoms with E-state index >= 15 is 0 Å². The minimum atomic E-state index is -5.00. The van der Waals surface area contributed by atoms with E-state index in [-0.39, 0.29) is 25.0 Å². The van der Waals surface area contributed by atoms with Gasteiger partial charge in [0.1, 0.15) is 0 Å². The molecule has 1 aromatic rings. The number of carbonyl (C=O) groups excluding carboxylic acids is 2. The molecule has 6 nitrogen and oxygen atoms in total. The molecular weight excluding hydrogens is 494 g/mol. The molecule has 3 unspecified atom stereocenters. The normalized spacial score (nSPS) is 21.3. The van der Waals surface area contributed by atoms with Crippen LogP contribution in [-0.4, -0.2) is 67.3 Å². The van der Waals surface area contributed by atoms with Gasteiger partial charge in [-0.3, -0.25) is 9.69 Å². The summed E-state index contributed by atoms with van der Waals surface area (Å²) < 4.78 is 43.9. The third-order valence-electron chi connectivity index (χ3n) is 5.94. The van der Waals surface area contributed by atoms with Crippen molar-refractivity contribution in [3.8, 4) is 0 Å². The van der Waals surface area contributed by atoms with E-state index in [2.05, 4.69) is 9.64 Å². The summed E-state index contributed by atoms with van der Waals surface area (Å²) in [6.07, 6.45) is -4.39. The summed E-state index contributed by atoms with van der Waals surface area (Å²) >= 11 is 12.3. The lowest BCUT2D eigenvalue weighted by Gasteiger charge is -2.41. The quantitative estimate of drug-likeness (QED) is 0.600. The summed E-state index contributed by atoms with van der Waals surface area (Å²) in [4.78, 5) is 27.3. The van der Waals surface area contributed by atoms with Gasteiger partial charge in [-0.15, -0.1) is 0 Å². The number of amides is 2. The lowest BCUT2D eigenvalue weighted by Crippen LogP contribution is -2.53. The molecule has 0 aromatic heterocycles. The van der Waals surface area contributed by atoms with E-state index in [1.54, 1.807) is 0 Å². The van der Waals surface area contributed by atoms with Crippen molar-refractivity contribution in [3.05, 3.63) is 57.6 Å². The van der Waals surface area contributed by atoms with Gasteiger partial charge in [0.15, 0.2) is 0 Å². The number of rotatable bonds is 5. The summed E-state index contributed by atoms with van der Waals surface area (Å²) in [5.41, 5.74) is 2.16. The summed E-state index contributed by atoms with van der Waals surface area (Å²) in [6, 6.07) is 7.40. The zero-order valence-corrected chi connectivity index (χ0v) is 20.3. The summed E-state index contributed by atoms with van der Waals surface area (Å²) in [7, 11) is 1.05. The number of benzene rings is 1. The van der Waals surface area contributed by atoms with Gasteiger partial charge in [0.05, 0.1) is 6.04 Å². The minimum absolute atomic E-state index is 0.104. The Hall–Kier alpha value is -2.23. The Kier molecular flexibility index (Phi) is 8.54. The Bertz CT molecular complexity index is 958. The molecule has 34 heavy (non-hydrogen) atoms. The van der Waals surface area contributed by atoms with Crippen LogP contribution in [0.15, 0.2) is 47.0 Å². The second-order valence-electron chi connectivity index (χ2n) is 8.30. The molecule has 0 saturated carbocycles. The number of nitrogens with zero attached hydrogens (tertiary/aromatic N) is 2. The summed E-state index contributed by atoms with van der Waals surface area (Å²) in [6.45, 7) is 3.16. The predicted molar refractivity (Wildman–Crippen MR) is 124 cm³/mol. The molecule has 2 aliphatic rings. The highest BCUT2D eigenvalue weighted by molar-refractivity contribution is 6.30. The van der Waals surface area contributed by atoms with Crippen LogP contribution in [0.1, 0.15) is 24.9 Å². The molecule has 1 N–H and O–H groups in total. The molecule has 0 radical (unpaired) electrons. The maximum atomic E-state index is 13.1. The van der Waals surface area contributed by atoms with E-state index in [1.807, 2.05) is 48.7 Å². The van der Waals surface area contributed by atoms with Crippen LogP contribution in [0, 0.1) is 5.92 Å². The second-order valence-corrected chi connectivity index (χ2v) is 9.17. The topological polar surface area (TPSA) is 61.9 Å². The van der Waals surface area contributed by atoms with Gasteiger partial charge in [0.2, 0.25) is 0 Å². The number of carbonyl (C=O) groups is 2. The molecule has 11 heteroatoms. The average molecular weight is 520 g/mol. The second kappa shape index (κ2) is 11.0. The third kappa shape index (κ3) is 6.25. The standard InChI is InChI=1S/C23H26Cl2F3N3O3/c1-14-13-16(5-8-18(14)25)19(15-3-6-17(24)7-4-15)30-9-11-31(12-10-30)22(33)34-20(21(32)29-2)23(26,27)28/h3-8,14,19-20H,9-13H2,1-2H3,(H,29,32). The smallest absolute Gasteiger partial charge is 0.426 e. The molecule has 1 saturated heterocycles. The monoisotopic (exact) mass is 519 g/mol. The number of alkyl halides is 3. The number of hydrogen-bond donors (Lipinski definition) is 1. The minimum Gasteiger partial charge on any atom is -0.426 e. The number of likely N-dealkylation sites (N-methyl/N-ethyl adjacent to an activating group) is 1. The van der Waals surface area contributed by atoms with Gasteiger partial charge in [-0.1, -0.05) is 48.3 Å². The van der Waals surface area contributed by atoms with Crippen molar-refractivity contribution >= 4 is 35.2 Å². The van der Waals surface area contributed by atoms with Crippen LogP contribution in [0.3, 0.4) is 0 Å². The molecule has 1 aliphatic heterocycles. The largest absolute Gasteiger partial charge is 0.434 e. The molecule has 1 heterocycles. The van der Waals surface area contributed by atoms with Gasteiger partial charge in [0, 0.05) is 43.3 Å². The first-order valence-corrected chi connectivity index (χ1v) is 11.6. The maximum absolute atomic E-state index is 13.1. The number of ether oxygens (including phenoxy) is 1. The van der Waals surface area contributed by atoms with Crippen LogP contribution in [0.25, 0.3) is 0 Å². The van der Waals surface area contributed by atoms with E-state index in [1.165, 1.54) is 4.90 Å². The Morgan fingerprint density at radius 1 is 1.09 bits per heavy atom. The first-order valence-electron chi connectivity index (χ1n) is 10.8. The summed E-state index contributed by atoms with van der Waals surface area (Å²) in [5, 5.41) is 3.26. The Labute approximate surface area is 206 Å². The van der Waals surface area contributed by atoms with E-state index < -0.39 is 24.3 Å². The zero-order valence-electron chi connectivity index (χ0n) is 18.7. The maximum Gasteiger partial charge on any atom is 0.434 e. The van der Waals surface area contributed by atoms with Crippen molar-refractivity contribution < 1.29 is 27.5 Å². The van der Waals surface area contributed by atoms with Gasteiger partial charge in [-0.05, 0) is 41.7 Å². The molecule has 3 rings (SSSR count). The van der Waals surface area contributed by atoms with Gasteiger partial charge in [-0.2, -0.15) is 13.2 Å². The van der Waals surface area contributed by atoms with E-state index in [9.17, 15) is 22.8 Å². The molecule has 1 aromatic carbocycles. The Balaban J connectivity index is 1.74. The Morgan fingerprint density at radius 2 is 1.71 bits per heavy atom. The zero-order chi connectivity index (χ0) is 25.0. The van der Waals surface area contributed by atoms with Crippen molar-refractivity contribution in [2.75, 3.05) is 33.2 Å². The fourth-order valence-corrected chi connectivity index (χ4v) is 4.38. The van der Waals surface area contributed by atoms with E-state index in [4.69, 9.17) is 23.2 Å². The molecule has 2 amide bonds. The Morgan fingerprint density at radius 3 is 2.24 bits per heavy atom. The van der Waals surface area contributed by atoms with E-state index in [0.29, 0.717) is 18.1 Å². The van der Waals surface area contributed by atoms with Crippen LogP contribution in [0.5, 0.6) is 0 Å². The fourth-order valence-electron chi connectivity index (χ4n) is 4.12. The molecule has 3 atom stereocenters. The van der Waals surface area contributed by atoms with Crippen molar-refractivity contribution in [2.45, 2.75) is 31.7 Å². The van der Waals surface area contributed by atoms with Crippen molar-refractivity contribution in [1.82, 2.24) is 15.1 Å². The van der Waals surface area contributed by atoms with Crippen LogP contribution in [0.2, 0.25) is 5.02 Å². The van der Waals surface area contributed by atoms with Crippen LogP contribution < -0.4 is 5.32 Å². The number of allylic oxidation sites excluding steroid dienone is 3. The fraction of sp³-hybridized carbons (Fsp3) is 0.478. The highest BCUT2D eigenvalue weighted by Gasteiger charge is 2.48. The van der Waals surface area contributed by atoms with Crippen molar-refractivity contribution in [1.29, 1.82) is 0 Å². The number of nitrogens with one attached hydrogen (secondary N) is 1. The summed E-state index contributed by atoms with van der Waals surface area (Å²) in [5.74, 6) is -1.26. The van der Waals surface area contributed by atoms with Gasteiger partial charge in [-0.25, -0.2) is 4.79 Å². The van der Waals surface area contributed by atoms with Crippen LogP contribution >= 0.6 is 23.2 Å². The highest BCUT2D eigenvalue weighted by Crippen LogP contribution is 2.38. The van der Waals surface area contributed by atoms with Crippen molar-refractivity contribution in [3.63, 3.8) is 0 Å². The third-order valence-corrected chi connectivity index (χ3v) is 6.69. The lowest BCUT2D eigenvalue weighted by molar-refractivity contribution is -0.206. The molecule has 1 aliphatic carbocycles. The number of hydrogen-bond acceptors (Lipinski definition) is 4. The van der Waals surface area contributed by atoms with Gasteiger partial charge in [0.25, 0.3) is 12.0 Å². The van der Waals surface area contributed by atoms with Gasteiger partial charge >= 0.3 is 12.3 Å². The number of piperazine rings is 1. The average Bonchev–Trinajstić information content (AvgIpc) is 2.80. The molecule has 186 valence electrons. The molecule has 0 bridgehead atoms. The predicted octanol–water partition coefficient (Wildman–Crippen LogP) is 4.90. The van der Waals surface area contributed by atoms with Crippen LogP contribution in [-0.2, 0) is 9.53 Å². The van der Waals surface area contributed by atoms with Crippen LogP contribution in [0.4, 0.5) is 18.0 Å².